The van der Waals surface area contributed by atoms with Crippen molar-refractivity contribution in [3.05, 3.63) is 30.2 Å². The molecule has 0 aliphatic carbocycles. The molecule has 0 radical (unpaired) electrons. The van der Waals surface area contributed by atoms with Crippen LogP contribution in [0.5, 0.6) is 0 Å². The third kappa shape index (κ3) is 3.36. The van der Waals surface area contributed by atoms with E-state index in [1.165, 1.54) is 5.69 Å². The summed E-state index contributed by atoms with van der Waals surface area (Å²) < 4.78 is 4.05. The monoisotopic (exact) mass is 261 g/mol. The van der Waals surface area contributed by atoms with Crippen LogP contribution in [0.3, 0.4) is 0 Å². The van der Waals surface area contributed by atoms with Gasteiger partial charge < -0.3 is 5.32 Å². The minimum atomic E-state index is 0.435. The normalized spacial score (nSPS) is 12.6. The predicted octanol–water partition coefficient (Wildman–Crippen LogP) is 3.07. The lowest BCUT2D eigenvalue weighted by Crippen LogP contribution is -2.13. The molecule has 0 amide bonds. The van der Waals surface area contributed by atoms with Crippen LogP contribution in [0.15, 0.2) is 24.5 Å². The largest absolute Gasteiger partial charge is 0.363 e. The average Bonchev–Trinajstić information content (AvgIpc) is 3.04. The molecule has 2 aromatic heterocycles. The number of hydrogen-bond acceptors (Lipinski definition) is 3. The lowest BCUT2D eigenvalue weighted by molar-refractivity contribution is 0.462. The maximum absolute atomic E-state index is 4.47. The summed E-state index contributed by atoms with van der Waals surface area (Å²) in [5, 5.41) is 12.2. The van der Waals surface area contributed by atoms with Gasteiger partial charge in [-0.25, -0.2) is 0 Å². The van der Waals surface area contributed by atoms with E-state index in [1.54, 1.807) is 0 Å². The minimum absolute atomic E-state index is 0.435. The van der Waals surface area contributed by atoms with Crippen LogP contribution in [0.4, 0.5) is 5.82 Å². The number of aryl methyl sites for hydroxylation is 1. The highest BCUT2D eigenvalue weighted by molar-refractivity contribution is 5.32. The fourth-order valence-corrected chi connectivity index (χ4v) is 2.04. The second-order valence-electron chi connectivity index (χ2n) is 4.84. The topological polar surface area (TPSA) is 47.7 Å². The summed E-state index contributed by atoms with van der Waals surface area (Å²) in [6.07, 6.45) is 6.05. The second kappa shape index (κ2) is 6.41. The lowest BCUT2D eigenvalue weighted by atomic mass is 10.2. The SMILES string of the molecule is CCCn1ccc(NCc2ccnn2[C@@H](C)CC)n1. The molecule has 0 spiro atoms. The van der Waals surface area contributed by atoms with E-state index < -0.39 is 0 Å². The maximum atomic E-state index is 4.47. The van der Waals surface area contributed by atoms with Gasteiger partial charge >= 0.3 is 0 Å². The molecule has 0 saturated heterocycles. The summed E-state index contributed by atoms with van der Waals surface area (Å²) in [6, 6.07) is 4.51. The van der Waals surface area contributed by atoms with Gasteiger partial charge in [0.2, 0.25) is 0 Å². The van der Waals surface area contributed by atoms with E-state index in [-0.39, 0.29) is 0 Å². The van der Waals surface area contributed by atoms with Crippen molar-refractivity contribution in [2.24, 2.45) is 0 Å². The van der Waals surface area contributed by atoms with Gasteiger partial charge in [-0.05, 0) is 25.8 Å². The van der Waals surface area contributed by atoms with Crippen molar-refractivity contribution in [3.63, 3.8) is 0 Å². The Morgan fingerprint density at radius 1 is 1.32 bits per heavy atom. The van der Waals surface area contributed by atoms with Crippen LogP contribution >= 0.6 is 0 Å². The molecule has 0 aliphatic rings. The van der Waals surface area contributed by atoms with E-state index in [1.807, 2.05) is 23.1 Å². The molecule has 1 atom stereocenters. The van der Waals surface area contributed by atoms with Crippen LogP contribution in [0.25, 0.3) is 0 Å². The fraction of sp³-hybridized carbons (Fsp3) is 0.571. The van der Waals surface area contributed by atoms with Gasteiger partial charge in [-0.1, -0.05) is 13.8 Å². The zero-order valence-electron chi connectivity index (χ0n) is 12.0. The smallest absolute Gasteiger partial charge is 0.148 e. The van der Waals surface area contributed by atoms with Crippen molar-refractivity contribution < 1.29 is 0 Å². The summed E-state index contributed by atoms with van der Waals surface area (Å²) in [4.78, 5) is 0. The van der Waals surface area contributed by atoms with E-state index >= 15 is 0 Å². The van der Waals surface area contributed by atoms with Crippen LogP contribution in [-0.2, 0) is 13.1 Å². The number of nitrogens with zero attached hydrogens (tertiary/aromatic N) is 4. The van der Waals surface area contributed by atoms with E-state index in [4.69, 9.17) is 0 Å². The Morgan fingerprint density at radius 3 is 2.89 bits per heavy atom. The molecular formula is C14H23N5. The number of anilines is 1. The molecule has 1 N–H and O–H groups in total. The molecule has 2 rings (SSSR count). The van der Waals surface area contributed by atoms with Crippen molar-refractivity contribution in [2.75, 3.05) is 5.32 Å². The summed E-state index contributed by atoms with van der Waals surface area (Å²) in [6.45, 7) is 8.24. The van der Waals surface area contributed by atoms with Crippen molar-refractivity contribution in [1.29, 1.82) is 0 Å². The molecule has 0 aromatic carbocycles. The Bertz CT molecular complexity index is 499. The van der Waals surface area contributed by atoms with E-state index in [2.05, 4.69) is 47.0 Å². The van der Waals surface area contributed by atoms with Gasteiger partial charge in [0.1, 0.15) is 5.82 Å². The van der Waals surface area contributed by atoms with E-state index in [0.29, 0.717) is 6.04 Å². The van der Waals surface area contributed by atoms with Gasteiger partial charge in [0, 0.05) is 31.0 Å². The fourth-order valence-electron chi connectivity index (χ4n) is 2.04. The van der Waals surface area contributed by atoms with Crippen LogP contribution in [0, 0.1) is 0 Å². The van der Waals surface area contributed by atoms with Crippen molar-refractivity contribution in [2.45, 2.75) is 52.7 Å². The standard InChI is InChI=1S/C14H23N5/c1-4-9-18-10-7-14(17-18)15-11-13-6-8-16-19(13)12(3)5-2/h6-8,10,12H,4-5,9,11H2,1-3H3,(H,15,17)/t12-/m0/s1. The highest BCUT2D eigenvalue weighted by Gasteiger charge is 2.08. The van der Waals surface area contributed by atoms with Crippen molar-refractivity contribution in [1.82, 2.24) is 19.6 Å². The van der Waals surface area contributed by atoms with E-state index in [0.717, 1.165) is 31.7 Å². The molecule has 0 fully saturated rings. The predicted molar refractivity (Wildman–Crippen MR) is 77.1 cm³/mol. The van der Waals surface area contributed by atoms with Gasteiger partial charge in [-0.2, -0.15) is 10.2 Å². The molecule has 2 aromatic rings. The first-order chi connectivity index (χ1) is 9.24. The summed E-state index contributed by atoms with van der Waals surface area (Å²) >= 11 is 0. The minimum Gasteiger partial charge on any atom is -0.363 e. The van der Waals surface area contributed by atoms with Crippen LogP contribution in [-0.4, -0.2) is 19.6 Å². The number of aromatic nitrogens is 4. The van der Waals surface area contributed by atoms with E-state index in [9.17, 15) is 0 Å². The molecule has 0 unspecified atom stereocenters. The van der Waals surface area contributed by atoms with Gasteiger partial charge in [0.25, 0.3) is 0 Å². The van der Waals surface area contributed by atoms with Crippen LogP contribution in [0.1, 0.15) is 45.3 Å². The highest BCUT2D eigenvalue weighted by atomic mass is 15.3. The third-order valence-electron chi connectivity index (χ3n) is 3.30. The Morgan fingerprint density at radius 2 is 2.16 bits per heavy atom. The second-order valence-corrected chi connectivity index (χ2v) is 4.84. The zero-order valence-corrected chi connectivity index (χ0v) is 12.0. The lowest BCUT2D eigenvalue weighted by Gasteiger charge is -2.13. The highest BCUT2D eigenvalue weighted by Crippen LogP contribution is 2.13. The molecule has 2 heterocycles. The molecule has 104 valence electrons. The first-order valence-corrected chi connectivity index (χ1v) is 7.04. The summed E-state index contributed by atoms with van der Waals surface area (Å²) in [5.41, 5.74) is 1.19. The first-order valence-electron chi connectivity index (χ1n) is 7.04. The van der Waals surface area contributed by atoms with Crippen molar-refractivity contribution >= 4 is 5.82 Å². The zero-order chi connectivity index (χ0) is 13.7. The Labute approximate surface area is 114 Å². The molecule has 5 nitrogen and oxygen atoms in total. The number of nitrogens with one attached hydrogen (secondary N) is 1. The van der Waals surface area contributed by atoms with Gasteiger partial charge in [0.15, 0.2) is 0 Å². The molecular weight excluding hydrogens is 238 g/mol. The van der Waals surface area contributed by atoms with Crippen molar-refractivity contribution in [3.8, 4) is 0 Å². The van der Waals surface area contributed by atoms with Gasteiger partial charge in [-0.15, -0.1) is 0 Å². The third-order valence-corrected chi connectivity index (χ3v) is 3.30. The first kappa shape index (κ1) is 13.6. The molecule has 5 heteroatoms. The Kier molecular flexibility index (Phi) is 4.60. The quantitative estimate of drug-likeness (QED) is 0.833. The number of rotatable bonds is 7. The van der Waals surface area contributed by atoms with Crippen LogP contribution in [0.2, 0.25) is 0 Å². The molecule has 0 aliphatic heterocycles. The average molecular weight is 261 g/mol. The molecule has 0 bridgehead atoms. The Hall–Kier alpha value is -1.78. The molecule has 19 heavy (non-hydrogen) atoms. The summed E-state index contributed by atoms with van der Waals surface area (Å²) in [5.74, 6) is 0.922. The maximum Gasteiger partial charge on any atom is 0.148 e. The molecule has 0 saturated carbocycles. The number of hydrogen-bond donors (Lipinski definition) is 1. The Balaban J connectivity index is 1.96. The van der Waals surface area contributed by atoms with Gasteiger partial charge in [0.05, 0.1) is 12.2 Å². The van der Waals surface area contributed by atoms with Gasteiger partial charge in [-0.3, -0.25) is 9.36 Å². The summed E-state index contributed by atoms with van der Waals surface area (Å²) in [7, 11) is 0. The van der Waals surface area contributed by atoms with Crippen LogP contribution < -0.4 is 5.32 Å².